The molecule has 0 saturated heterocycles. The summed E-state index contributed by atoms with van der Waals surface area (Å²) in [6.07, 6.45) is -10.1. The summed E-state index contributed by atoms with van der Waals surface area (Å²) in [5.41, 5.74) is -4.47. The van der Waals surface area contributed by atoms with Crippen molar-refractivity contribution in [2.75, 3.05) is 13.7 Å². The van der Waals surface area contributed by atoms with Crippen molar-refractivity contribution in [1.82, 2.24) is 0 Å². The van der Waals surface area contributed by atoms with Crippen molar-refractivity contribution in [1.29, 1.82) is 0 Å². The van der Waals surface area contributed by atoms with E-state index in [0.717, 1.165) is 26.2 Å². The Morgan fingerprint density at radius 1 is 1.00 bits per heavy atom. The zero-order valence-electron chi connectivity index (χ0n) is 19.7. The van der Waals surface area contributed by atoms with E-state index in [-0.39, 0.29) is 29.8 Å². The van der Waals surface area contributed by atoms with Gasteiger partial charge in [-0.3, -0.25) is 4.79 Å². The zero-order valence-corrected chi connectivity index (χ0v) is 19.7. The lowest BCUT2D eigenvalue weighted by molar-refractivity contribution is -0.411. The van der Waals surface area contributed by atoms with Gasteiger partial charge in [0, 0.05) is 6.61 Å². The van der Waals surface area contributed by atoms with Gasteiger partial charge in [-0.25, -0.2) is 0 Å². The van der Waals surface area contributed by atoms with E-state index >= 15 is 0 Å². The fourth-order valence-corrected chi connectivity index (χ4v) is 4.54. The third-order valence-electron chi connectivity index (χ3n) is 6.74. The summed E-state index contributed by atoms with van der Waals surface area (Å²) in [5.74, 6) is -0.542. The van der Waals surface area contributed by atoms with E-state index in [2.05, 4.69) is 9.47 Å². The van der Waals surface area contributed by atoms with Gasteiger partial charge in [-0.1, -0.05) is 13.3 Å². The lowest BCUT2D eigenvalue weighted by Gasteiger charge is -2.41. The van der Waals surface area contributed by atoms with Crippen LogP contribution in [-0.4, -0.2) is 43.9 Å². The second-order valence-electron chi connectivity index (χ2n) is 9.33. The molecule has 190 valence electrons. The number of carbonyl (C=O) groups is 1. The van der Waals surface area contributed by atoms with Crippen LogP contribution in [0.2, 0.25) is 0 Å². The van der Waals surface area contributed by atoms with Gasteiger partial charge >= 0.3 is 18.3 Å². The first-order valence-corrected chi connectivity index (χ1v) is 11.1. The van der Waals surface area contributed by atoms with Crippen LogP contribution in [0.1, 0.15) is 73.1 Å². The SMILES string of the molecule is CCC(C)(C)C(=O)OC.CCOC(C)OC(CC1CC2CCC1C2)(C(F)(F)F)C(F)(F)F. The Balaban J connectivity index is 0.000000482. The molecule has 0 aromatic carbocycles. The zero-order chi connectivity index (χ0) is 25.0. The number of alkyl halides is 6. The predicted molar refractivity (Wildman–Crippen MR) is 107 cm³/mol. The largest absolute Gasteiger partial charge is 0.469 e. The number of esters is 1. The van der Waals surface area contributed by atoms with Crippen LogP contribution >= 0.6 is 0 Å². The molecule has 10 heteroatoms. The fourth-order valence-electron chi connectivity index (χ4n) is 4.54. The number of rotatable bonds is 8. The van der Waals surface area contributed by atoms with Gasteiger partial charge in [0.15, 0.2) is 6.29 Å². The van der Waals surface area contributed by atoms with Crippen LogP contribution in [0.5, 0.6) is 0 Å². The maximum atomic E-state index is 13.5. The van der Waals surface area contributed by atoms with E-state index in [1.807, 2.05) is 20.8 Å². The maximum absolute atomic E-state index is 13.5. The smallest absolute Gasteiger partial charge is 0.426 e. The van der Waals surface area contributed by atoms with Crippen LogP contribution in [0.15, 0.2) is 0 Å². The molecule has 2 bridgehead atoms. The van der Waals surface area contributed by atoms with Crippen LogP contribution in [0.25, 0.3) is 0 Å². The van der Waals surface area contributed by atoms with Crippen molar-refractivity contribution in [3.63, 3.8) is 0 Å². The van der Waals surface area contributed by atoms with Crippen molar-refractivity contribution >= 4 is 5.97 Å². The van der Waals surface area contributed by atoms with Crippen LogP contribution in [-0.2, 0) is 19.0 Å². The van der Waals surface area contributed by atoms with Crippen molar-refractivity contribution in [2.45, 2.75) is 97.4 Å². The summed E-state index contributed by atoms with van der Waals surface area (Å²) >= 11 is 0. The van der Waals surface area contributed by atoms with Crippen LogP contribution in [0.4, 0.5) is 26.3 Å². The molecule has 2 aliphatic rings. The van der Waals surface area contributed by atoms with Crippen LogP contribution in [0, 0.1) is 23.2 Å². The minimum absolute atomic E-state index is 0.0267. The van der Waals surface area contributed by atoms with Crippen LogP contribution < -0.4 is 0 Å². The van der Waals surface area contributed by atoms with Crippen LogP contribution in [0.3, 0.4) is 0 Å². The summed E-state index contributed by atoms with van der Waals surface area (Å²) in [5, 5.41) is 0. The first-order valence-electron chi connectivity index (χ1n) is 11.1. The summed E-state index contributed by atoms with van der Waals surface area (Å²) < 4.78 is 94.7. The number of methoxy groups -OCH3 is 1. The van der Waals surface area contributed by atoms with E-state index < -0.39 is 36.6 Å². The van der Waals surface area contributed by atoms with E-state index in [4.69, 9.17) is 4.74 Å². The second kappa shape index (κ2) is 10.9. The Morgan fingerprint density at radius 2 is 1.56 bits per heavy atom. The third kappa shape index (κ3) is 6.74. The predicted octanol–water partition coefficient (Wildman–Crippen LogP) is 6.67. The summed E-state index contributed by atoms with van der Waals surface area (Å²) in [6, 6.07) is 0. The van der Waals surface area contributed by atoms with Gasteiger partial charge in [0.2, 0.25) is 0 Å². The average molecular weight is 479 g/mol. The Morgan fingerprint density at radius 3 is 1.88 bits per heavy atom. The standard InChI is InChI=1S/C15H22F6O2.C7H14O2/c1-3-22-9(2)23-13(14(16,17)18,15(19,20)21)8-12-7-10-4-5-11(12)6-10;1-5-7(2,3)6(8)9-4/h9-12H,3-8H2,1-2H3;5H2,1-4H3. The minimum Gasteiger partial charge on any atom is -0.469 e. The van der Waals surface area contributed by atoms with Gasteiger partial charge < -0.3 is 14.2 Å². The number of ether oxygens (including phenoxy) is 3. The van der Waals surface area contributed by atoms with Gasteiger partial charge in [0.05, 0.1) is 12.5 Å². The lowest BCUT2D eigenvalue weighted by atomic mass is 9.79. The average Bonchev–Trinajstić information content (AvgIpc) is 3.28. The molecule has 2 aliphatic carbocycles. The van der Waals surface area contributed by atoms with Gasteiger partial charge in [0.1, 0.15) is 0 Å². The molecule has 2 rings (SSSR count). The third-order valence-corrected chi connectivity index (χ3v) is 6.74. The number of halogens is 6. The topological polar surface area (TPSA) is 44.8 Å². The molecular weight excluding hydrogens is 442 g/mol. The number of carbonyl (C=O) groups excluding carboxylic acids is 1. The molecule has 0 spiro atoms. The Labute approximate surface area is 186 Å². The molecule has 0 aromatic heterocycles. The maximum Gasteiger partial charge on any atom is 0.426 e. The van der Waals surface area contributed by atoms with E-state index in [0.29, 0.717) is 12.8 Å². The molecule has 32 heavy (non-hydrogen) atoms. The second-order valence-corrected chi connectivity index (χ2v) is 9.33. The van der Waals surface area contributed by atoms with Gasteiger partial charge in [-0.05, 0) is 77.6 Å². The summed E-state index contributed by atoms with van der Waals surface area (Å²) in [7, 11) is 1.42. The van der Waals surface area contributed by atoms with Crippen molar-refractivity contribution in [3.05, 3.63) is 0 Å². The highest BCUT2D eigenvalue weighted by Crippen LogP contribution is 2.57. The molecule has 2 fully saturated rings. The quantitative estimate of drug-likeness (QED) is 0.222. The van der Waals surface area contributed by atoms with E-state index in [1.54, 1.807) is 0 Å². The van der Waals surface area contributed by atoms with Crippen molar-refractivity contribution < 1.29 is 45.3 Å². The van der Waals surface area contributed by atoms with Crippen molar-refractivity contribution in [2.24, 2.45) is 23.2 Å². The van der Waals surface area contributed by atoms with Gasteiger partial charge in [0.25, 0.3) is 5.60 Å². The summed E-state index contributed by atoms with van der Waals surface area (Å²) in [4.78, 5) is 10.8. The highest BCUT2D eigenvalue weighted by molar-refractivity contribution is 5.75. The summed E-state index contributed by atoms with van der Waals surface area (Å²) in [6.45, 7) is 8.24. The normalized spacial score (nSPS) is 24.7. The highest BCUT2D eigenvalue weighted by Gasteiger charge is 2.73. The molecule has 4 nitrogen and oxygen atoms in total. The molecule has 0 heterocycles. The molecule has 4 unspecified atom stereocenters. The number of hydrogen-bond donors (Lipinski definition) is 0. The first kappa shape index (κ1) is 29.0. The Kier molecular flexibility index (Phi) is 9.91. The first-order chi connectivity index (χ1) is 14.5. The molecule has 0 N–H and O–H groups in total. The molecule has 0 aromatic rings. The highest BCUT2D eigenvalue weighted by atomic mass is 19.4. The minimum atomic E-state index is -5.54. The van der Waals surface area contributed by atoms with E-state index in [9.17, 15) is 31.1 Å². The number of hydrogen-bond acceptors (Lipinski definition) is 4. The van der Waals surface area contributed by atoms with Gasteiger partial charge in [-0.15, -0.1) is 0 Å². The van der Waals surface area contributed by atoms with Gasteiger partial charge in [-0.2, -0.15) is 26.3 Å². The molecule has 4 atom stereocenters. The number of fused-ring (bicyclic) bond motifs is 2. The molecule has 0 aliphatic heterocycles. The fraction of sp³-hybridized carbons (Fsp3) is 0.955. The van der Waals surface area contributed by atoms with E-state index in [1.165, 1.54) is 14.0 Å². The molecule has 2 saturated carbocycles. The Bertz CT molecular complexity index is 588. The Hall–Kier alpha value is -1.03. The molecule has 0 amide bonds. The lowest BCUT2D eigenvalue weighted by Crippen LogP contribution is -2.61. The molecular formula is C22H36F6O4. The molecule has 0 radical (unpaired) electrons. The monoisotopic (exact) mass is 478 g/mol. The van der Waals surface area contributed by atoms with Crippen molar-refractivity contribution in [3.8, 4) is 0 Å².